The summed E-state index contributed by atoms with van der Waals surface area (Å²) in [5.41, 5.74) is 0.952. The predicted octanol–water partition coefficient (Wildman–Crippen LogP) is 2.22. The molecule has 0 spiro atoms. The van der Waals surface area contributed by atoms with Crippen molar-refractivity contribution in [2.45, 2.75) is 38.6 Å². The number of likely N-dealkylation sites (N-methyl/N-ethyl adjacent to an activating group) is 1. The molecule has 1 aromatic rings. The van der Waals surface area contributed by atoms with Gasteiger partial charge in [0.05, 0.1) is 22.7 Å². The lowest BCUT2D eigenvalue weighted by atomic mass is 9.87. The molecule has 1 aliphatic carbocycles. The second-order valence-electron chi connectivity index (χ2n) is 8.06. The van der Waals surface area contributed by atoms with Crippen LogP contribution in [0.4, 0.5) is 17.1 Å². The molecule has 2 amide bonds. The third-order valence-corrected chi connectivity index (χ3v) is 5.97. The van der Waals surface area contributed by atoms with Crippen molar-refractivity contribution in [3.05, 3.63) is 27.8 Å². The molecular formula is C20H29N5O4. The first-order valence-corrected chi connectivity index (χ1v) is 10.1. The molecule has 2 fully saturated rings. The average Bonchev–Trinajstić information content (AvgIpc) is 2.70. The van der Waals surface area contributed by atoms with E-state index in [0.717, 1.165) is 25.7 Å². The molecule has 0 bridgehead atoms. The maximum absolute atomic E-state index is 13.1. The van der Waals surface area contributed by atoms with E-state index in [0.29, 0.717) is 30.4 Å². The number of hydrogen-bond donors (Lipinski definition) is 2. The van der Waals surface area contributed by atoms with E-state index in [9.17, 15) is 19.7 Å². The highest BCUT2D eigenvalue weighted by atomic mass is 16.6. The van der Waals surface area contributed by atoms with Crippen LogP contribution in [0.5, 0.6) is 0 Å². The molecule has 1 aliphatic heterocycles. The summed E-state index contributed by atoms with van der Waals surface area (Å²) < 4.78 is 0. The van der Waals surface area contributed by atoms with Gasteiger partial charge in [0, 0.05) is 39.3 Å². The summed E-state index contributed by atoms with van der Waals surface area (Å²) in [5.74, 6) is 0.288. The maximum atomic E-state index is 13.1. The fraction of sp³-hybridized carbons (Fsp3) is 0.600. The van der Waals surface area contributed by atoms with Gasteiger partial charge < -0.3 is 20.4 Å². The number of hydrogen-bond acceptors (Lipinski definition) is 6. The van der Waals surface area contributed by atoms with Crippen LogP contribution in [0.25, 0.3) is 0 Å². The maximum Gasteiger partial charge on any atom is 0.293 e. The number of nitro benzene ring substituents is 1. The number of nitro groups is 1. The molecule has 0 radical (unpaired) electrons. The second kappa shape index (κ2) is 8.67. The van der Waals surface area contributed by atoms with E-state index in [1.165, 1.54) is 6.07 Å². The minimum absolute atomic E-state index is 0.0479. The number of anilines is 2. The van der Waals surface area contributed by atoms with E-state index in [4.69, 9.17) is 0 Å². The topological polar surface area (TPSA) is 108 Å². The molecular weight excluding hydrogens is 374 g/mol. The number of piperazine rings is 1. The van der Waals surface area contributed by atoms with E-state index in [2.05, 4.69) is 17.6 Å². The standard InChI is InChI=1S/C20H29N5O4/c1-13-4-6-14(7-5-13)22-20(27)15-10-18(25(28)29)16(21-2)11-17(15)24-9-8-23(3)19(26)12-24/h10-11,13-14,21H,4-9,12H2,1-3H3,(H,22,27)/t13-,14-. The monoisotopic (exact) mass is 403 g/mol. The van der Waals surface area contributed by atoms with Gasteiger partial charge in [-0.15, -0.1) is 0 Å². The van der Waals surface area contributed by atoms with Gasteiger partial charge in [0.15, 0.2) is 0 Å². The van der Waals surface area contributed by atoms with Crippen LogP contribution in [0.2, 0.25) is 0 Å². The Bertz CT molecular complexity index is 804. The number of carbonyl (C=O) groups excluding carboxylic acids is 2. The molecule has 1 saturated heterocycles. The molecule has 1 saturated carbocycles. The molecule has 1 aromatic carbocycles. The number of nitrogens with one attached hydrogen (secondary N) is 2. The van der Waals surface area contributed by atoms with Gasteiger partial charge in [-0.3, -0.25) is 19.7 Å². The zero-order valence-electron chi connectivity index (χ0n) is 17.2. The third-order valence-electron chi connectivity index (χ3n) is 5.97. The number of rotatable bonds is 5. The largest absolute Gasteiger partial charge is 0.383 e. The predicted molar refractivity (Wildman–Crippen MR) is 111 cm³/mol. The zero-order chi connectivity index (χ0) is 21.1. The SMILES string of the molecule is CNc1cc(N2CCN(C)C(=O)C2)c(C(=O)N[C@H]2CC[C@H](C)CC2)cc1[N+](=O)[O-]. The molecule has 0 aromatic heterocycles. The van der Waals surface area contributed by atoms with Crippen LogP contribution in [-0.4, -0.2) is 61.4 Å². The lowest BCUT2D eigenvalue weighted by Gasteiger charge is -2.35. The van der Waals surface area contributed by atoms with Crippen LogP contribution in [0.1, 0.15) is 43.0 Å². The first-order valence-electron chi connectivity index (χ1n) is 10.1. The lowest BCUT2D eigenvalue weighted by Crippen LogP contribution is -2.49. The third kappa shape index (κ3) is 4.60. The summed E-state index contributed by atoms with van der Waals surface area (Å²) >= 11 is 0. The molecule has 158 valence electrons. The molecule has 9 nitrogen and oxygen atoms in total. The summed E-state index contributed by atoms with van der Waals surface area (Å²) in [6.45, 7) is 3.44. The Hall–Kier alpha value is -2.84. The van der Waals surface area contributed by atoms with Crippen molar-refractivity contribution in [1.29, 1.82) is 0 Å². The van der Waals surface area contributed by atoms with Gasteiger partial charge in [0.1, 0.15) is 5.69 Å². The number of nitrogens with zero attached hydrogens (tertiary/aromatic N) is 3. The van der Waals surface area contributed by atoms with E-state index >= 15 is 0 Å². The Balaban J connectivity index is 1.94. The smallest absolute Gasteiger partial charge is 0.293 e. The van der Waals surface area contributed by atoms with Gasteiger partial charge in [-0.1, -0.05) is 6.92 Å². The summed E-state index contributed by atoms with van der Waals surface area (Å²) in [6, 6.07) is 3.00. The van der Waals surface area contributed by atoms with Crippen molar-refractivity contribution in [1.82, 2.24) is 10.2 Å². The Morgan fingerprint density at radius 1 is 1.21 bits per heavy atom. The Morgan fingerprint density at radius 3 is 2.48 bits per heavy atom. The highest BCUT2D eigenvalue weighted by Gasteiger charge is 2.29. The molecule has 2 aliphatic rings. The molecule has 1 heterocycles. The van der Waals surface area contributed by atoms with Crippen molar-refractivity contribution in [2.75, 3.05) is 43.9 Å². The van der Waals surface area contributed by atoms with E-state index < -0.39 is 4.92 Å². The van der Waals surface area contributed by atoms with E-state index in [1.54, 1.807) is 25.1 Å². The average molecular weight is 403 g/mol. The Kier molecular flexibility index (Phi) is 6.24. The summed E-state index contributed by atoms with van der Waals surface area (Å²) in [4.78, 5) is 39.8. The van der Waals surface area contributed by atoms with Gasteiger partial charge in [-0.25, -0.2) is 0 Å². The first-order chi connectivity index (χ1) is 13.8. The summed E-state index contributed by atoms with van der Waals surface area (Å²) in [5, 5.41) is 17.4. The normalized spacial score (nSPS) is 22.4. The summed E-state index contributed by atoms with van der Waals surface area (Å²) in [7, 11) is 3.34. The molecule has 29 heavy (non-hydrogen) atoms. The van der Waals surface area contributed by atoms with Gasteiger partial charge >= 0.3 is 0 Å². The van der Waals surface area contributed by atoms with Crippen LogP contribution in [0.3, 0.4) is 0 Å². The molecule has 0 atom stereocenters. The number of benzene rings is 1. The lowest BCUT2D eigenvalue weighted by molar-refractivity contribution is -0.383. The fourth-order valence-electron chi connectivity index (χ4n) is 4.00. The Labute approximate surface area is 170 Å². The van der Waals surface area contributed by atoms with E-state index in [1.807, 2.05) is 4.90 Å². The van der Waals surface area contributed by atoms with Crippen LogP contribution >= 0.6 is 0 Å². The minimum atomic E-state index is -0.496. The second-order valence-corrected chi connectivity index (χ2v) is 8.06. The van der Waals surface area contributed by atoms with Crippen molar-refractivity contribution >= 4 is 28.9 Å². The Morgan fingerprint density at radius 2 is 1.90 bits per heavy atom. The highest BCUT2D eigenvalue weighted by molar-refractivity contribution is 6.02. The van der Waals surface area contributed by atoms with Crippen LogP contribution in [-0.2, 0) is 4.79 Å². The summed E-state index contributed by atoms with van der Waals surface area (Å²) in [6.07, 6.45) is 3.94. The number of amides is 2. The van der Waals surface area contributed by atoms with Crippen molar-refractivity contribution in [3.8, 4) is 0 Å². The van der Waals surface area contributed by atoms with Gasteiger partial charge in [0.25, 0.3) is 11.6 Å². The fourth-order valence-corrected chi connectivity index (χ4v) is 4.00. The van der Waals surface area contributed by atoms with Crippen LogP contribution < -0.4 is 15.5 Å². The van der Waals surface area contributed by atoms with Crippen LogP contribution in [0.15, 0.2) is 12.1 Å². The molecule has 0 unspecified atom stereocenters. The van der Waals surface area contributed by atoms with Gasteiger partial charge in [-0.2, -0.15) is 0 Å². The zero-order valence-corrected chi connectivity index (χ0v) is 17.2. The van der Waals surface area contributed by atoms with Gasteiger partial charge in [0.2, 0.25) is 5.91 Å². The van der Waals surface area contributed by atoms with Crippen molar-refractivity contribution < 1.29 is 14.5 Å². The van der Waals surface area contributed by atoms with Crippen molar-refractivity contribution in [3.63, 3.8) is 0 Å². The molecule has 9 heteroatoms. The number of carbonyl (C=O) groups is 2. The minimum Gasteiger partial charge on any atom is -0.383 e. The first kappa shape index (κ1) is 20.9. The quantitative estimate of drug-likeness (QED) is 0.577. The van der Waals surface area contributed by atoms with Gasteiger partial charge in [-0.05, 0) is 37.7 Å². The van der Waals surface area contributed by atoms with E-state index in [-0.39, 0.29) is 35.7 Å². The molecule has 3 rings (SSSR count). The highest BCUT2D eigenvalue weighted by Crippen LogP contribution is 2.34. The van der Waals surface area contributed by atoms with Crippen molar-refractivity contribution in [2.24, 2.45) is 5.92 Å². The molecule has 2 N–H and O–H groups in total. The van der Waals surface area contributed by atoms with Crippen LogP contribution in [0, 0.1) is 16.0 Å².